The molecule has 1 saturated heterocycles. The molecule has 0 aromatic carbocycles. The van der Waals surface area contributed by atoms with Crippen molar-refractivity contribution in [2.75, 3.05) is 18.0 Å². The van der Waals surface area contributed by atoms with Crippen LogP contribution in [0.4, 0.5) is 10.1 Å². The number of pyridine rings is 1. The van der Waals surface area contributed by atoms with Crippen molar-refractivity contribution in [2.24, 2.45) is 0 Å². The van der Waals surface area contributed by atoms with Gasteiger partial charge in [-0.2, -0.15) is 5.10 Å². The van der Waals surface area contributed by atoms with Gasteiger partial charge in [-0.05, 0) is 18.9 Å². The van der Waals surface area contributed by atoms with E-state index >= 15 is 0 Å². The second-order valence-electron chi connectivity index (χ2n) is 4.37. The van der Waals surface area contributed by atoms with Gasteiger partial charge in [0.2, 0.25) is 0 Å². The highest BCUT2D eigenvalue weighted by Crippen LogP contribution is 2.27. The number of carboxylic acids is 1. The highest BCUT2D eigenvalue weighted by molar-refractivity contribution is 5.96. The Kier molecular flexibility index (Phi) is 2.43. The van der Waals surface area contributed by atoms with Crippen LogP contribution in [0.25, 0.3) is 5.52 Å². The normalized spacial score (nSPS) is 15.5. The number of fused-ring (bicyclic) bond motifs is 1. The van der Waals surface area contributed by atoms with Gasteiger partial charge in [0.05, 0.1) is 11.9 Å². The van der Waals surface area contributed by atoms with E-state index < -0.39 is 11.8 Å². The summed E-state index contributed by atoms with van der Waals surface area (Å²) in [6.45, 7) is 1.62. The molecule has 0 unspecified atom stereocenters. The number of nitrogens with zero attached hydrogens (tertiary/aromatic N) is 3. The fourth-order valence-corrected chi connectivity index (χ4v) is 2.39. The highest BCUT2D eigenvalue weighted by atomic mass is 19.1. The molecule has 0 aliphatic carbocycles. The molecule has 1 aliphatic heterocycles. The molecule has 0 amide bonds. The summed E-state index contributed by atoms with van der Waals surface area (Å²) in [5.41, 5.74) is 0.392. The van der Waals surface area contributed by atoms with E-state index in [2.05, 4.69) is 5.10 Å². The third-order valence-electron chi connectivity index (χ3n) is 3.28. The number of carboxylic acid groups (broad SMARTS) is 1. The zero-order valence-electron chi connectivity index (χ0n) is 9.64. The highest BCUT2D eigenvalue weighted by Gasteiger charge is 2.22. The first kappa shape index (κ1) is 11.0. The van der Waals surface area contributed by atoms with Gasteiger partial charge in [-0.1, -0.05) is 0 Å². The summed E-state index contributed by atoms with van der Waals surface area (Å²) in [6, 6.07) is 1.65. The molecule has 5 nitrogen and oxygen atoms in total. The van der Waals surface area contributed by atoms with E-state index in [4.69, 9.17) is 5.11 Å². The Hall–Kier alpha value is -2.11. The van der Waals surface area contributed by atoms with Crippen LogP contribution in [0.1, 0.15) is 23.2 Å². The number of carbonyl (C=O) groups is 1. The van der Waals surface area contributed by atoms with Crippen molar-refractivity contribution in [3.63, 3.8) is 0 Å². The van der Waals surface area contributed by atoms with Crippen molar-refractivity contribution >= 4 is 17.2 Å². The SMILES string of the molecule is O=C(O)c1cnn2ccc(N3CCCC3)c(F)c12. The topological polar surface area (TPSA) is 57.8 Å². The average molecular weight is 249 g/mol. The van der Waals surface area contributed by atoms with Crippen LogP contribution >= 0.6 is 0 Å². The van der Waals surface area contributed by atoms with Crippen LogP contribution in [0.3, 0.4) is 0 Å². The van der Waals surface area contributed by atoms with Gasteiger partial charge in [0.25, 0.3) is 0 Å². The Balaban J connectivity index is 2.20. The minimum atomic E-state index is -1.16. The molecule has 1 aliphatic rings. The Labute approximate surface area is 102 Å². The summed E-state index contributed by atoms with van der Waals surface area (Å²) < 4.78 is 15.7. The van der Waals surface area contributed by atoms with Gasteiger partial charge in [-0.3, -0.25) is 0 Å². The van der Waals surface area contributed by atoms with Gasteiger partial charge in [0.15, 0.2) is 5.82 Å². The first-order chi connectivity index (χ1) is 8.68. The van der Waals surface area contributed by atoms with E-state index in [1.807, 2.05) is 4.90 Å². The monoisotopic (exact) mass is 249 g/mol. The van der Waals surface area contributed by atoms with Gasteiger partial charge in [-0.25, -0.2) is 13.7 Å². The lowest BCUT2D eigenvalue weighted by Crippen LogP contribution is -2.19. The van der Waals surface area contributed by atoms with Crippen molar-refractivity contribution in [1.82, 2.24) is 9.61 Å². The van der Waals surface area contributed by atoms with E-state index in [-0.39, 0.29) is 11.1 Å². The molecule has 6 heteroatoms. The molecule has 3 heterocycles. The molecule has 18 heavy (non-hydrogen) atoms. The zero-order valence-corrected chi connectivity index (χ0v) is 9.64. The fourth-order valence-electron chi connectivity index (χ4n) is 2.39. The van der Waals surface area contributed by atoms with E-state index in [1.165, 1.54) is 10.7 Å². The summed E-state index contributed by atoms with van der Waals surface area (Å²) in [7, 11) is 0. The van der Waals surface area contributed by atoms with Crippen LogP contribution in [0.2, 0.25) is 0 Å². The maximum absolute atomic E-state index is 14.4. The number of anilines is 1. The molecular weight excluding hydrogens is 237 g/mol. The number of halogens is 1. The zero-order chi connectivity index (χ0) is 12.7. The third-order valence-corrected chi connectivity index (χ3v) is 3.28. The van der Waals surface area contributed by atoms with Gasteiger partial charge < -0.3 is 10.0 Å². The second-order valence-corrected chi connectivity index (χ2v) is 4.37. The Morgan fingerprint density at radius 2 is 2.11 bits per heavy atom. The summed E-state index contributed by atoms with van der Waals surface area (Å²) in [5, 5.41) is 12.9. The molecule has 0 bridgehead atoms. The first-order valence-corrected chi connectivity index (χ1v) is 5.82. The fraction of sp³-hybridized carbons (Fsp3) is 0.333. The molecule has 0 saturated carbocycles. The molecule has 3 rings (SSSR count). The van der Waals surface area contributed by atoms with Gasteiger partial charge in [0.1, 0.15) is 11.1 Å². The van der Waals surface area contributed by atoms with E-state index in [0.717, 1.165) is 25.9 Å². The predicted octanol–water partition coefficient (Wildman–Crippen LogP) is 1.77. The Morgan fingerprint density at radius 3 is 2.78 bits per heavy atom. The molecule has 1 fully saturated rings. The number of aromatic nitrogens is 2. The maximum Gasteiger partial charge on any atom is 0.339 e. The lowest BCUT2D eigenvalue weighted by molar-refractivity contribution is 0.0698. The number of aromatic carboxylic acids is 1. The smallest absolute Gasteiger partial charge is 0.339 e. The molecule has 0 atom stereocenters. The second kappa shape index (κ2) is 3.97. The minimum absolute atomic E-state index is 0.0342. The average Bonchev–Trinajstić information content (AvgIpc) is 2.97. The van der Waals surface area contributed by atoms with Crippen molar-refractivity contribution in [1.29, 1.82) is 0 Å². The molecule has 0 spiro atoms. The van der Waals surface area contributed by atoms with Crippen LogP contribution in [-0.2, 0) is 0 Å². The number of rotatable bonds is 2. The quantitative estimate of drug-likeness (QED) is 0.881. The molecule has 1 N–H and O–H groups in total. The predicted molar refractivity (Wildman–Crippen MR) is 63.6 cm³/mol. The molecular formula is C12H12FN3O2. The summed E-state index contributed by atoms with van der Waals surface area (Å²) in [6.07, 6.45) is 4.85. The lowest BCUT2D eigenvalue weighted by Gasteiger charge is -2.18. The molecule has 2 aromatic heterocycles. The molecule has 0 radical (unpaired) electrons. The minimum Gasteiger partial charge on any atom is -0.478 e. The van der Waals surface area contributed by atoms with Crippen LogP contribution in [0.5, 0.6) is 0 Å². The van der Waals surface area contributed by atoms with Gasteiger partial charge in [0, 0.05) is 19.3 Å². The largest absolute Gasteiger partial charge is 0.478 e. The van der Waals surface area contributed by atoms with Crippen molar-refractivity contribution in [2.45, 2.75) is 12.8 Å². The van der Waals surface area contributed by atoms with Crippen molar-refractivity contribution < 1.29 is 14.3 Å². The van der Waals surface area contributed by atoms with Gasteiger partial charge >= 0.3 is 5.97 Å². The number of hydrogen-bond donors (Lipinski definition) is 1. The maximum atomic E-state index is 14.4. The third kappa shape index (κ3) is 1.53. The first-order valence-electron chi connectivity index (χ1n) is 5.82. The van der Waals surface area contributed by atoms with E-state index in [9.17, 15) is 9.18 Å². The van der Waals surface area contributed by atoms with Gasteiger partial charge in [-0.15, -0.1) is 0 Å². The standard InChI is InChI=1S/C12H12FN3O2/c13-10-9(15-4-1-2-5-15)3-6-16-11(10)8(7-14-16)12(17)18/h3,6-7H,1-2,4-5H2,(H,17,18). The van der Waals surface area contributed by atoms with E-state index in [1.54, 1.807) is 12.3 Å². The van der Waals surface area contributed by atoms with E-state index in [0.29, 0.717) is 5.69 Å². The Bertz CT molecular complexity index is 617. The number of hydrogen-bond acceptors (Lipinski definition) is 3. The van der Waals surface area contributed by atoms with Crippen molar-refractivity contribution in [3.05, 3.63) is 29.8 Å². The summed E-state index contributed by atoms with van der Waals surface area (Å²) in [5.74, 6) is -1.67. The van der Waals surface area contributed by atoms with Crippen molar-refractivity contribution in [3.8, 4) is 0 Å². The Morgan fingerprint density at radius 1 is 1.39 bits per heavy atom. The lowest BCUT2D eigenvalue weighted by atomic mass is 10.2. The molecule has 2 aromatic rings. The van der Waals surface area contributed by atoms with Crippen LogP contribution in [-0.4, -0.2) is 33.8 Å². The van der Waals surface area contributed by atoms with Crippen LogP contribution in [0, 0.1) is 5.82 Å². The van der Waals surface area contributed by atoms with Crippen LogP contribution < -0.4 is 4.90 Å². The van der Waals surface area contributed by atoms with Crippen LogP contribution in [0.15, 0.2) is 18.5 Å². The summed E-state index contributed by atoms with van der Waals surface area (Å²) in [4.78, 5) is 13.0. The summed E-state index contributed by atoms with van der Waals surface area (Å²) >= 11 is 0. The molecule has 94 valence electrons.